The molecule has 1 aliphatic heterocycles. The predicted octanol–water partition coefficient (Wildman–Crippen LogP) is 6.52. The zero-order valence-corrected chi connectivity index (χ0v) is 25.9. The van der Waals surface area contributed by atoms with E-state index in [1.807, 2.05) is 83.4 Å². The zero-order chi connectivity index (χ0) is 33.1. The highest BCUT2D eigenvalue weighted by molar-refractivity contribution is 7.80. The first-order chi connectivity index (χ1) is 22.8. The monoisotopic (exact) mass is 641 g/mol. The molecule has 1 aromatic heterocycles. The molecular formula is C37H27N3O6S. The number of hydrogen-bond donors (Lipinski definition) is 2. The van der Waals surface area contributed by atoms with E-state index in [2.05, 4.69) is 5.32 Å². The van der Waals surface area contributed by atoms with Gasteiger partial charge in [0.1, 0.15) is 5.57 Å². The molecular weight excluding hydrogens is 614 g/mol. The number of thiocarbonyl (C=S) groups is 1. The van der Waals surface area contributed by atoms with Crippen LogP contribution in [0.5, 0.6) is 0 Å². The Kier molecular flexibility index (Phi) is 8.59. The Balaban J connectivity index is 1.56. The second kappa shape index (κ2) is 13.1. The minimum absolute atomic E-state index is 0.0366. The summed E-state index contributed by atoms with van der Waals surface area (Å²) >= 11 is 5.35. The van der Waals surface area contributed by atoms with Gasteiger partial charge in [0.2, 0.25) is 0 Å². The van der Waals surface area contributed by atoms with E-state index in [9.17, 15) is 24.3 Å². The summed E-state index contributed by atoms with van der Waals surface area (Å²) in [5, 5.41) is 11.9. The van der Waals surface area contributed by atoms with Crippen LogP contribution in [0.2, 0.25) is 0 Å². The number of carboxylic acids is 1. The lowest BCUT2D eigenvalue weighted by Crippen LogP contribution is -2.54. The number of anilines is 1. The Morgan fingerprint density at radius 3 is 2.11 bits per heavy atom. The minimum atomic E-state index is -1.17. The number of nitrogens with zero attached hydrogens (tertiary/aromatic N) is 2. The molecule has 2 amide bonds. The molecule has 1 aliphatic rings. The summed E-state index contributed by atoms with van der Waals surface area (Å²) in [6, 6.07) is 33.9. The van der Waals surface area contributed by atoms with Crippen molar-refractivity contribution in [2.45, 2.75) is 6.92 Å². The fourth-order valence-corrected chi connectivity index (χ4v) is 5.69. The van der Waals surface area contributed by atoms with Crippen LogP contribution in [0.15, 0.2) is 121 Å². The van der Waals surface area contributed by atoms with Crippen molar-refractivity contribution in [1.82, 2.24) is 9.88 Å². The summed E-state index contributed by atoms with van der Waals surface area (Å²) in [6.45, 7) is 2.00. The number of carbonyl (C=O) groups excluding carboxylic acids is 3. The third-order valence-electron chi connectivity index (χ3n) is 7.54. The molecule has 5 aromatic rings. The number of nitrogens with one attached hydrogen (secondary N) is 1. The Bertz CT molecular complexity index is 2070. The summed E-state index contributed by atoms with van der Waals surface area (Å²) in [6.07, 6.45) is 1.52. The van der Waals surface area contributed by atoms with Gasteiger partial charge in [0, 0.05) is 11.3 Å². The Morgan fingerprint density at radius 2 is 1.47 bits per heavy atom. The second-order valence-electron chi connectivity index (χ2n) is 10.5. The second-order valence-corrected chi connectivity index (χ2v) is 10.9. The Hall–Kier alpha value is -6.13. The zero-order valence-electron chi connectivity index (χ0n) is 25.0. The van der Waals surface area contributed by atoms with Crippen molar-refractivity contribution in [3.63, 3.8) is 0 Å². The molecule has 0 aliphatic carbocycles. The molecule has 2 N–H and O–H groups in total. The van der Waals surface area contributed by atoms with Gasteiger partial charge in [-0.15, -0.1) is 0 Å². The van der Waals surface area contributed by atoms with Crippen LogP contribution < -0.4 is 10.2 Å². The Labute approximate surface area is 275 Å². The molecule has 2 heterocycles. The molecule has 6 rings (SSSR count). The first kappa shape index (κ1) is 30.9. The van der Waals surface area contributed by atoms with E-state index < -0.39 is 23.8 Å². The van der Waals surface area contributed by atoms with Crippen LogP contribution in [0.25, 0.3) is 34.3 Å². The average molecular weight is 642 g/mol. The lowest BCUT2D eigenvalue weighted by atomic mass is 10.0. The van der Waals surface area contributed by atoms with E-state index >= 15 is 0 Å². The van der Waals surface area contributed by atoms with Crippen LogP contribution in [0.4, 0.5) is 5.69 Å². The topological polar surface area (TPSA) is 118 Å². The Morgan fingerprint density at radius 1 is 0.809 bits per heavy atom. The summed E-state index contributed by atoms with van der Waals surface area (Å²) in [5.41, 5.74) is 4.81. The van der Waals surface area contributed by atoms with Crippen LogP contribution >= 0.6 is 12.2 Å². The van der Waals surface area contributed by atoms with E-state index in [1.54, 1.807) is 25.1 Å². The van der Waals surface area contributed by atoms with Gasteiger partial charge in [-0.05, 0) is 84.9 Å². The first-order valence-electron chi connectivity index (χ1n) is 14.7. The van der Waals surface area contributed by atoms with Crippen molar-refractivity contribution >= 4 is 52.8 Å². The molecule has 0 spiro atoms. The molecule has 9 nitrogen and oxygen atoms in total. The fraction of sp³-hybridized carbons (Fsp3) is 0.0541. The van der Waals surface area contributed by atoms with Crippen molar-refractivity contribution in [2.75, 3.05) is 11.5 Å². The van der Waals surface area contributed by atoms with Crippen LogP contribution in [0.3, 0.4) is 0 Å². The number of ether oxygens (including phenoxy) is 1. The molecule has 0 unspecified atom stereocenters. The highest BCUT2D eigenvalue weighted by atomic mass is 32.1. The molecule has 10 heteroatoms. The molecule has 232 valence electrons. The van der Waals surface area contributed by atoms with Gasteiger partial charge in [0.15, 0.2) is 5.11 Å². The van der Waals surface area contributed by atoms with Gasteiger partial charge in [0.05, 0.1) is 34.8 Å². The first-order valence-corrected chi connectivity index (χ1v) is 15.1. The predicted molar refractivity (Wildman–Crippen MR) is 182 cm³/mol. The van der Waals surface area contributed by atoms with Crippen molar-refractivity contribution in [3.05, 3.63) is 138 Å². The number of esters is 1. The maximum Gasteiger partial charge on any atom is 0.338 e. The van der Waals surface area contributed by atoms with E-state index in [-0.39, 0.29) is 28.5 Å². The largest absolute Gasteiger partial charge is 0.478 e. The number of carbonyl (C=O) groups is 4. The molecule has 1 saturated heterocycles. The van der Waals surface area contributed by atoms with Crippen molar-refractivity contribution < 1.29 is 29.0 Å². The van der Waals surface area contributed by atoms with Crippen LogP contribution in [0.1, 0.15) is 33.2 Å². The molecule has 4 aromatic carbocycles. The SMILES string of the molecule is CCOC(=O)c1ccc(-n2c(-c3ccccc3)cc(C=C3C(=O)NC(=S)N(c4cccc(C(=O)O)c4)C3=O)c2-c2ccccc2)cc1. The highest BCUT2D eigenvalue weighted by Gasteiger charge is 2.35. The van der Waals surface area contributed by atoms with Gasteiger partial charge in [-0.3, -0.25) is 19.8 Å². The number of carboxylic acid groups (broad SMARTS) is 1. The van der Waals surface area contributed by atoms with Gasteiger partial charge in [0.25, 0.3) is 11.8 Å². The van der Waals surface area contributed by atoms with Crippen LogP contribution in [0, 0.1) is 0 Å². The van der Waals surface area contributed by atoms with Gasteiger partial charge in [-0.1, -0.05) is 66.7 Å². The lowest BCUT2D eigenvalue weighted by molar-refractivity contribution is -0.122. The molecule has 0 radical (unpaired) electrons. The minimum Gasteiger partial charge on any atom is -0.478 e. The van der Waals surface area contributed by atoms with Gasteiger partial charge < -0.3 is 14.4 Å². The third-order valence-corrected chi connectivity index (χ3v) is 7.82. The van der Waals surface area contributed by atoms with Gasteiger partial charge in [-0.25, -0.2) is 9.59 Å². The fourth-order valence-electron chi connectivity index (χ4n) is 5.41. The summed E-state index contributed by atoms with van der Waals surface area (Å²) in [4.78, 5) is 52.5. The quantitative estimate of drug-likeness (QED) is 0.0858. The maximum absolute atomic E-state index is 14.0. The molecule has 0 saturated carbocycles. The third kappa shape index (κ3) is 6.09. The standard InChI is InChI=1S/C37H27N3O6S/c1-2-46-36(45)25-16-18-28(19-17-25)39-31(23-10-5-3-6-11-23)22-27(32(39)24-12-7-4-8-13-24)21-30-33(41)38-37(47)40(34(30)42)29-15-9-14-26(20-29)35(43)44/h3-22H,2H2,1H3,(H,43,44)(H,38,41,47). The van der Waals surface area contributed by atoms with Gasteiger partial charge >= 0.3 is 11.9 Å². The van der Waals surface area contributed by atoms with E-state index in [0.29, 0.717) is 16.8 Å². The highest BCUT2D eigenvalue weighted by Crippen LogP contribution is 2.38. The van der Waals surface area contributed by atoms with Crippen molar-refractivity contribution in [1.29, 1.82) is 0 Å². The molecule has 1 fully saturated rings. The number of aromatic carboxylic acids is 1. The number of hydrogen-bond acceptors (Lipinski definition) is 6. The number of benzene rings is 4. The van der Waals surface area contributed by atoms with E-state index in [4.69, 9.17) is 17.0 Å². The molecule has 0 atom stereocenters. The normalized spacial score (nSPS) is 13.9. The number of rotatable bonds is 8. The maximum atomic E-state index is 14.0. The summed E-state index contributed by atoms with van der Waals surface area (Å²) in [7, 11) is 0. The van der Waals surface area contributed by atoms with Crippen molar-refractivity contribution in [2.24, 2.45) is 0 Å². The van der Waals surface area contributed by atoms with Crippen LogP contribution in [-0.2, 0) is 14.3 Å². The summed E-state index contributed by atoms with van der Waals surface area (Å²) < 4.78 is 7.18. The lowest BCUT2D eigenvalue weighted by Gasteiger charge is -2.29. The van der Waals surface area contributed by atoms with Gasteiger partial charge in [-0.2, -0.15) is 0 Å². The van der Waals surface area contributed by atoms with E-state index in [0.717, 1.165) is 27.4 Å². The van der Waals surface area contributed by atoms with Crippen LogP contribution in [-0.4, -0.2) is 45.1 Å². The molecule has 47 heavy (non-hydrogen) atoms. The number of aromatic nitrogens is 1. The molecule has 0 bridgehead atoms. The number of amides is 2. The van der Waals surface area contributed by atoms with Crippen molar-refractivity contribution in [3.8, 4) is 28.2 Å². The summed E-state index contributed by atoms with van der Waals surface area (Å²) in [5.74, 6) is -2.98. The smallest absolute Gasteiger partial charge is 0.338 e. The van der Waals surface area contributed by atoms with E-state index in [1.165, 1.54) is 24.3 Å². The average Bonchev–Trinajstić information content (AvgIpc) is 3.47.